The highest BCUT2D eigenvalue weighted by molar-refractivity contribution is 5.70. The Morgan fingerprint density at radius 3 is 2.46 bits per heavy atom. The highest BCUT2D eigenvalue weighted by atomic mass is 16.3. The molecule has 0 radical (unpaired) electrons. The molecule has 0 aliphatic carbocycles. The second-order valence-corrected chi connectivity index (χ2v) is 7.69. The summed E-state index contributed by atoms with van der Waals surface area (Å²) < 4.78 is 0. The Bertz CT molecular complexity index is 742. The molecule has 26 heavy (non-hydrogen) atoms. The van der Waals surface area contributed by atoms with E-state index < -0.39 is 0 Å². The van der Waals surface area contributed by atoms with Gasteiger partial charge in [0.05, 0.1) is 6.10 Å². The molecule has 1 heteroatoms. The van der Waals surface area contributed by atoms with Crippen molar-refractivity contribution in [2.24, 2.45) is 0 Å². The van der Waals surface area contributed by atoms with Gasteiger partial charge in [0.15, 0.2) is 0 Å². The number of hydrogen-bond acceptors (Lipinski definition) is 1. The Labute approximate surface area is 159 Å². The molecule has 2 rings (SSSR count). The first-order chi connectivity index (χ1) is 12.4. The number of benzene rings is 2. The Hall–Kier alpha value is -1.86. The summed E-state index contributed by atoms with van der Waals surface area (Å²) in [5.74, 6) is 0. The van der Waals surface area contributed by atoms with Crippen LogP contribution >= 0.6 is 0 Å². The van der Waals surface area contributed by atoms with Crippen molar-refractivity contribution in [2.75, 3.05) is 0 Å². The smallest absolute Gasteiger partial charge is 0.0580 e. The molecule has 1 atom stereocenters. The average Bonchev–Trinajstić information content (AvgIpc) is 2.56. The van der Waals surface area contributed by atoms with Crippen LogP contribution in [0.15, 0.2) is 48.6 Å². The minimum atomic E-state index is -0.254. The van der Waals surface area contributed by atoms with E-state index in [1.165, 1.54) is 39.0 Å². The first-order valence-electron chi connectivity index (χ1n) is 9.98. The fraction of sp³-hybridized carbons (Fsp3) is 0.440. The van der Waals surface area contributed by atoms with Crippen LogP contribution in [0.4, 0.5) is 0 Å². The second-order valence-electron chi connectivity index (χ2n) is 7.69. The van der Waals surface area contributed by atoms with Gasteiger partial charge < -0.3 is 5.11 Å². The summed E-state index contributed by atoms with van der Waals surface area (Å²) in [6.45, 7) is 12.9. The molecule has 140 valence electrons. The van der Waals surface area contributed by atoms with Gasteiger partial charge in [-0.1, -0.05) is 86.4 Å². The zero-order valence-electron chi connectivity index (χ0n) is 16.9. The molecule has 1 nitrogen and oxygen atoms in total. The quantitative estimate of drug-likeness (QED) is 0.507. The minimum absolute atomic E-state index is 0.254. The molecule has 1 unspecified atom stereocenters. The first-order valence-corrected chi connectivity index (χ1v) is 9.98. The van der Waals surface area contributed by atoms with Gasteiger partial charge in [-0.05, 0) is 61.8 Å². The van der Waals surface area contributed by atoms with Crippen LogP contribution in [0.5, 0.6) is 0 Å². The zero-order chi connectivity index (χ0) is 19.1. The first kappa shape index (κ1) is 20.5. The second kappa shape index (κ2) is 9.73. The van der Waals surface area contributed by atoms with E-state index in [9.17, 15) is 5.11 Å². The van der Waals surface area contributed by atoms with Crippen LogP contribution in [0.2, 0.25) is 0 Å². The Balaban J connectivity index is 2.38. The number of rotatable bonds is 9. The summed E-state index contributed by atoms with van der Waals surface area (Å²) in [5, 5.41) is 10.2. The van der Waals surface area contributed by atoms with E-state index in [-0.39, 0.29) is 6.10 Å². The van der Waals surface area contributed by atoms with Crippen molar-refractivity contribution in [3.63, 3.8) is 0 Å². The molecule has 0 saturated heterocycles. The topological polar surface area (TPSA) is 20.2 Å². The Morgan fingerprint density at radius 1 is 1.00 bits per heavy atom. The SMILES string of the molecule is C=C(CCC)Cc1ccc(C)cc1-c1cc(C)cc(CC(O)CCC)c1. The summed E-state index contributed by atoms with van der Waals surface area (Å²) >= 11 is 0. The molecule has 2 aromatic carbocycles. The largest absolute Gasteiger partial charge is 0.393 e. The van der Waals surface area contributed by atoms with E-state index in [4.69, 9.17) is 0 Å². The molecule has 0 fully saturated rings. The fourth-order valence-corrected chi connectivity index (χ4v) is 3.67. The predicted octanol–water partition coefficient (Wildman–Crippen LogP) is 6.57. The number of allylic oxidation sites excluding steroid dienone is 1. The lowest BCUT2D eigenvalue weighted by atomic mass is 9.90. The Morgan fingerprint density at radius 2 is 1.77 bits per heavy atom. The highest BCUT2D eigenvalue weighted by Gasteiger charge is 2.11. The monoisotopic (exact) mass is 350 g/mol. The predicted molar refractivity (Wildman–Crippen MR) is 114 cm³/mol. The van der Waals surface area contributed by atoms with Crippen molar-refractivity contribution in [3.05, 3.63) is 70.8 Å². The summed E-state index contributed by atoms with van der Waals surface area (Å²) in [7, 11) is 0. The molecule has 0 bridgehead atoms. The van der Waals surface area contributed by atoms with Gasteiger partial charge in [0.2, 0.25) is 0 Å². The van der Waals surface area contributed by atoms with Crippen molar-refractivity contribution in [1.82, 2.24) is 0 Å². The van der Waals surface area contributed by atoms with Crippen molar-refractivity contribution in [3.8, 4) is 11.1 Å². The molecule has 0 aliphatic heterocycles. The lowest BCUT2D eigenvalue weighted by Crippen LogP contribution is -2.10. The van der Waals surface area contributed by atoms with E-state index in [1.807, 2.05) is 0 Å². The zero-order valence-corrected chi connectivity index (χ0v) is 16.9. The standard InChI is InChI=1S/C25H34O/c1-6-8-18(3)13-22-11-10-19(4)15-25(22)23-14-20(5)12-21(16-23)17-24(26)9-7-2/h10-12,14-16,24,26H,3,6-9,13,17H2,1-2,4-5H3. The van der Waals surface area contributed by atoms with Crippen LogP contribution in [0.3, 0.4) is 0 Å². The van der Waals surface area contributed by atoms with Crippen LogP contribution in [0.1, 0.15) is 61.8 Å². The minimum Gasteiger partial charge on any atom is -0.393 e. The average molecular weight is 351 g/mol. The van der Waals surface area contributed by atoms with Gasteiger partial charge in [0, 0.05) is 0 Å². The molecule has 0 saturated carbocycles. The van der Waals surface area contributed by atoms with Crippen molar-refractivity contribution >= 4 is 0 Å². The lowest BCUT2D eigenvalue weighted by molar-refractivity contribution is 0.164. The third-order valence-corrected chi connectivity index (χ3v) is 4.85. The van der Waals surface area contributed by atoms with Gasteiger partial charge in [0.25, 0.3) is 0 Å². The van der Waals surface area contributed by atoms with Gasteiger partial charge in [-0.3, -0.25) is 0 Å². The molecule has 0 amide bonds. The molecule has 0 aromatic heterocycles. The van der Waals surface area contributed by atoms with Gasteiger partial charge in [-0.25, -0.2) is 0 Å². The van der Waals surface area contributed by atoms with Crippen LogP contribution in [0, 0.1) is 13.8 Å². The third-order valence-electron chi connectivity index (χ3n) is 4.85. The lowest BCUT2D eigenvalue weighted by Gasteiger charge is -2.16. The van der Waals surface area contributed by atoms with Gasteiger partial charge in [-0.2, -0.15) is 0 Å². The van der Waals surface area contributed by atoms with Crippen LogP contribution in [-0.2, 0) is 12.8 Å². The van der Waals surface area contributed by atoms with Gasteiger partial charge in [-0.15, -0.1) is 0 Å². The van der Waals surface area contributed by atoms with E-state index in [0.717, 1.165) is 38.5 Å². The maximum Gasteiger partial charge on any atom is 0.0580 e. The van der Waals surface area contributed by atoms with Crippen molar-refractivity contribution in [2.45, 2.75) is 72.3 Å². The van der Waals surface area contributed by atoms with Gasteiger partial charge in [0.1, 0.15) is 0 Å². The van der Waals surface area contributed by atoms with Crippen LogP contribution in [-0.4, -0.2) is 11.2 Å². The van der Waals surface area contributed by atoms with Crippen molar-refractivity contribution in [1.29, 1.82) is 0 Å². The molecular weight excluding hydrogens is 316 g/mol. The highest BCUT2D eigenvalue weighted by Crippen LogP contribution is 2.29. The van der Waals surface area contributed by atoms with Crippen LogP contribution < -0.4 is 0 Å². The maximum atomic E-state index is 10.2. The van der Waals surface area contributed by atoms with Gasteiger partial charge >= 0.3 is 0 Å². The number of aliphatic hydroxyl groups excluding tert-OH is 1. The van der Waals surface area contributed by atoms with Crippen molar-refractivity contribution < 1.29 is 5.11 Å². The molecular formula is C25H34O. The number of aryl methyl sites for hydroxylation is 2. The summed E-state index contributed by atoms with van der Waals surface area (Å²) in [4.78, 5) is 0. The normalized spacial score (nSPS) is 12.2. The summed E-state index contributed by atoms with van der Waals surface area (Å²) in [6, 6.07) is 13.5. The van der Waals surface area contributed by atoms with E-state index in [0.29, 0.717) is 0 Å². The van der Waals surface area contributed by atoms with E-state index in [1.54, 1.807) is 0 Å². The number of aliphatic hydroxyl groups is 1. The molecule has 1 N–H and O–H groups in total. The molecule has 0 aliphatic rings. The van der Waals surface area contributed by atoms with Crippen LogP contribution in [0.25, 0.3) is 11.1 Å². The van der Waals surface area contributed by atoms with E-state index >= 15 is 0 Å². The fourth-order valence-electron chi connectivity index (χ4n) is 3.67. The maximum absolute atomic E-state index is 10.2. The summed E-state index contributed by atoms with van der Waals surface area (Å²) in [6.07, 6.45) is 5.50. The molecule has 2 aromatic rings. The molecule has 0 spiro atoms. The number of hydrogen-bond donors (Lipinski definition) is 1. The van der Waals surface area contributed by atoms with E-state index in [2.05, 4.69) is 70.7 Å². The Kier molecular flexibility index (Phi) is 7.66. The molecule has 0 heterocycles. The third kappa shape index (κ3) is 5.85. The summed E-state index contributed by atoms with van der Waals surface area (Å²) in [5.41, 5.74) is 8.95.